The van der Waals surface area contributed by atoms with Crippen LogP contribution in [0.3, 0.4) is 0 Å². The van der Waals surface area contributed by atoms with Gasteiger partial charge in [-0.25, -0.2) is 0 Å². The molecule has 1 saturated heterocycles. The lowest BCUT2D eigenvalue weighted by Gasteiger charge is -2.27. The maximum atomic E-state index is 10.9. The summed E-state index contributed by atoms with van der Waals surface area (Å²) < 4.78 is 5.81. The van der Waals surface area contributed by atoms with Gasteiger partial charge in [0.15, 0.2) is 0 Å². The molecule has 0 saturated carbocycles. The maximum absolute atomic E-state index is 10.9. The van der Waals surface area contributed by atoms with Gasteiger partial charge in [-0.3, -0.25) is 4.90 Å². The Morgan fingerprint density at radius 3 is 2.80 bits per heavy atom. The van der Waals surface area contributed by atoms with E-state index in [4.69, 9.17) is 16.3 Å². The highest BCUT2D eigenvalue weighted by atomic mass is 35.5. The van der Waals surface area contributed by atoms with Crippen molar-refractivity contribution in [3.05, 3.63) is 50.7 Å². The normalized spacial score (nSPS) is 21.9. The summed E-state index contributed by atoms with van der Waals surface area (Å²) in [7, 11) is 0. The molecule has 5 heteroatoms. The van der Waals surface area contributed by atoms with Crippen molar-refractivity contribution in [3.8, 4) is 5.75 Å². The molecule has 0 aliphatic carbocycles. The highest BCUT2D eigenvalue weighted by Gasteiger charge is 2.31. The Bertz CT molecular complexity index is 717. The molecule has 25 heavy (non-hydrogen) atoms. The van der Waals surface area contributed by atoms with Crippen LogP contribution in [-0.2, 0) is 6.54 Å². The maximum Gasteiger partial charge on any atom is 0.120 e. The lowest BCUT2D eigenvalue weighted by Crippen LogP contribution is -2.37. The molecule has 3 rings (SSSR count). The van der Waals surface area contributed by atoms with E-state index in [9.17, 15) is 5.11 Å². The van der Waals surface area contributed by atoms with Crippen LogP contribution < -0.4 is 4.74 Å². The summed E-state index contributed by atoms with van der Waals surface area (Å²) in [4.78, 5) is 5.22. The van der Waals surface area contributed by atoms with Crippen LogP contribution in [0.4, 0.5) is 0 Å². The van der Waals surface area contributed by atoms with Gasteiger partial charge in [0.25, 0.3) is 0 Å². The van der Waals surface area contributed by atoms with E-state index in [-0.39, 0.29) is 0 Å². The van der Waals surface area contributed by atoms with E-state index < -0.39 is 5.60 Å². The molecule has 1 unspecified atom stereocenters. The Kier molecular flexibility index (Phi) is 6.05. The monoisotopic (exact) mass is 379 g/mol. The van der Waals surface area contributed by atoms with Gasteiger partial charge < -0.3 is 9.84 Å². The van der Waals surface area contributed by atoms with Gasteiger partial charge in [-0.05, 0) is 69.5 Å². The zero-order valence-electron chi connectivity index (χ0n) is 14.9. The number of aliphatic hydroxyl groups is 1. The number of hydrogen-bond acceptors (Lipinski definition) is 4. The molecule has 1 atom stereocenters. The average Bonchev–Trinajstić information content (AvgIpc) is 2.76. The summed E-state index contributed by atoms with van der Waals surface area (Å²) in [5, 5.41) is 11.6. The molecule has 0 spiro atoms. The molecule has 0 radical (unpaired) electrons. The van der Waals surface area contributed by atoms with E-state index >= 15 is 0 Å². The van der Waals surface area contributed by atoms with E-state index in [0.29, 0.717) is 17.4 Å². The topological polar surface area (TPSA) is 32.7 Å². The predicted octanol–water partition coefficient (Wildman–Crippen LogP) is 4.81. The smallest absolute Gasteiger partial charge is 0.120 e. The van der Waals surface area contributed by atoms with Crippen LogP contribution in [0.2, 0.25) is 5.02 Å². The van der Waals surface area contributed by atoms with Crippen LogP contribution in [0.25, 0.3) is 0 Å². The van der Waals surface area contributed by atoms with Gasteiger partial charge in [-0.15, -0.1) is 11.3 Å². The first-order valence-corrected chi connectivity index (χ1v) is 10.0. The molecule has 2 aromatic rings. The summed E-state index contributed by atoms with van der Waals surface area (Å²) in [6.07, 6.45) is 2.49. The standard InChI is InChI=1S/C20H26ClNO2S/c1-15-11-17(16(2)25-15)13-22-9-4-7-20(23,8-10-22)14-24-19-6-3-5-18(21)12-19/h3,5-6,11-12,23H,4,7-10,13-14H2,1-2H3. The fourth-order valence-electron chi connectivity index (χ4n) is 3.39. The summed E-state index contributed by atoms with van der Waals surface area (Å²) in [6.45, 7) is 7.56. The Morgan fingerprint density at radius 1 is 1.24 bits per heavy atom. The first-order valence-electron chi connectivity index (χ1n) is 8.83. The van der Waals surface area contributed by atoms with Gasteiger partial charge in [-0.2, -0.15) is 0 Å². The molecule has 1 N–H and O–H groups in total. The first kappa shape index (κ1) is 18.7. The predicted molar refractivity (Wildman–Crippen MR) is 105 cm³/mol. The lowest BCUT2D eigenvalue weighted by atomic mass is 9.96. The zero-order chi connectivity index (χ0) is 17.9. The van der Waals surface area contributed by atoms with Crippen LogP contribution in [0.1, 0.15) is 34.6 Å². The summed E-state index contributed by atoms with van der Waals surface area (Å²) in [6, 6.07) is 9.64. The highest BCUT2D eigenvalue weighted by Crippen LogP contribution is 2.27. The summed E-state index contributed by atoms with van der Waals surface area (Å²) in [5.41, 5.74) is 0.652. The summed E-state index contributed by atoms with van der Waals surface area (Å²) >= 11 is 7.85. The SMILES string of the molecule is Cc1cc(CN2CCCC(O)(COc3cccc(Cl)c3)CC2)c(C)s1. The molecular formula is C20H26ClNO2S. The van der Waals surface area contributed by atoms with Crippen LogP contribution in [0, 0.1) is 13.8 Å². The quantitative estimate of drug-likeness (QED) is 0.808. The molecule has 1 aliphatic heterocycles. The second-order valence-electron chi connectivity index (χ2n) is 7.04. The number of nitrogens with zero attached hydrogens (tertiary/aromatic N) is 1. The van der Waals surface area contributed by atoms with E-state index in [2.05, 4.69) is 24.8 Å². The molecule has 1 fully saturated rings. The Morgan fingerprint density at radius 2 is 2.08 bits per heavy atom. The largest absolute Gasteiger partial charge is 0.491 e. The fraction of sp³-hybridized carbons (Fsp3) is 0.500. The molecule has 1 aliphatic rings. The van der Waals surface area contributed by atoms with Crippen molar-refractivity contribution in [3.63, 3.8) is 0 Å². The van der Waals surface area contributed by atoms with Gasteiger partial charge in [0, 0.05) is 27.9 Å². The number of thiophene rings is 1. The first-order chi connectivity index (χ1) is 11.9. The van der Waals surface area contributed by atoms with Crippen LogP contribution in [0.5, 0.6) is 5.75 Å². The number of benzene rings is 1. The zero-order valence-corrected chi connectivity index (χ0v) is 16.5. The molecule has 0 bridgehead atoms. The number of halogens is 1. The van der Waals surface area contributed by atoms with E-state index in [1.54, 1.807) is 6.07 Å². The number of aryl methyl sites for hydroxylation is 2. The Balaban J connectivity index is 1.55. The third-order valence-electron chi connectivity index (χ3n) is 4.85. The minimum absolute atomic E-state index is 0.317. The van der Waals surface area contributed by atoms with Gasteiger partial charge in [0.1, 0.15) is 12.4 Å². The van der Waals surface area contributed by atoms with Crippen molar-refractivity contribution in [2.75, 3.05) is 19.7 Å². The molecule has 3 nitrogen and oxygen atoms in total. The minimum atomic E-state index is -0.767. The van der Waals surface area contributed by atoms with Crippen molar-refractivity contribution in [1.82, 2.24) is 4.90 Å². The highest BCUT2D eigenvalue weighted by molar-refractivity contribution is 7.12. The third-order valence-corrected chi connectivity index (χ3v) is 6.09. The lowest BCUT2D eigenvalue weighted by molar-refractivity contribution is -0.0168. The number of rotatable bonds is 5. The van der Waals surface area contributed by atoms with E-state index in [1.807, 2.05) is 29.5 Å². The molecule has 1 aromatic heterocycles. The molecule has 1 aromatic carbocycles. The fourth-order valence-corrected chi connectivity index (χ4v) is 4.51. The minimum Gasteiger partial charge on any atom is -0.491 e. The van der Waals surface area contributed by atoms with Gasteiger partial charge in [0.05, 0.1) is 5.60 Å². The van der Waals surface area contributed by atoms with Crippen molar-refractivity contribution in [2.45, 2.75) is 45.3 Å². The van der Waals surface area contributed by atoms with Gasteiger partial charge in [0.2, 0.25) is 0 Å². The van der Waals surface area contributed by atoms with Gasteiger partial charge >= 0.3 is 0 Å². The number of likely N-dealkylation sites (tertiary alicyclic amines) is 1. The van der Waals surface area contributed by atoms with Crippen LogP contribution >= 0.6 is 22.9 Å². The average molecular weight is 380 g/mol. The molecular weight excluding hydrogens is 354 g/mol. The van der Waals surface area contributed by atoms with Crippen molar-refractivity contribution in [2.24, 2.45) is 0 Å². The summed E-state index contributed by atoms with van der Waals surface area (Å²) in [5.74, 6) is 0.714. The second-order valence-corrected chi connectivity index (χ2v) is 8.94. The molecule has 136 valence electrons. The van der Waals surface area contributed by atoms with E-state index in [1.165, 1.54) is 15.3 Å². The van der Waals surface area contributed by atoms with Crippen molar-refractivity contribution in [1.29, 1.82) is 0 Å². The third kappa shape index (κ3) is 5.20. The Labute approximate surface area is 159 Å². The number of hydrogen-bond donors (Lipinski definition) is 1. The number of ether oxygens (including phenoxy) is 1. The van der Waals surface area contributed by atoms with E-state index in [0.717, 1.165) is 38.9 Å². The van der Waals surface area contributed by atoms with Crippen molar-refractivity contribution < 1.29 is 9.84 Å². The Hall–Kier alpha value is -1.07. The van der Waals surface area contributed by atoms with Crippen LogP contribution in [-0.4, -0.2) is 35.3 Å². The van der Waals surface area contributed by atoms with Crippen LogP contribution in [0.15, 0.2) is 30.3 Å². The molecule has 2 heterocycles. The molecule has 0 amide bonds. The van der Waals surface area contributed by atoms with Crippen molar-refractivity contribution >= 4 is 22.9 Å². The van der Waals surface area contributed by atoms with Gasteiger partial charge in [-0.1, -0.05) is 17.7 Å². The second kappa shape index (κ2) is 8.09.